The SMILES string of the molecule is C.CC1(C)OB(c2ccc3oc4cccc(-c5nc(-c6ccccc6)nc(-c6ccccc6)n5)c4c3c2)OC1(C)C.c1ccc(-c2nc(-c3ccccc3)nc(-c3cccc4oc5ccc(-c6ccc7c(ccc8ccccc87)c6)cc5c34)n2)cc1. The molecule has 0 aliphatic carbocycles. The minimum atomic E-state index is -0.474. The molecule has 414 valence electrons. The Morgan fingerprint density at radius 2 is 0.686 bits per heavy atom. The fraction of sp³-hybridized carbons (Fsp3) is 0.0933. The number of fused-ring (bicyclic) bond motifs is 9. The highest BCUT2D eigenvalue weighted by molar-refractivity contribution is 6.62. The highest BCUT2D eigenvalue weighted by Crippen LogP contribution is 2.42. The second-order valence-corrected chi connectivity index (χ2v) is 22.4. The molecule has 4 aromatic heterocycles. The molecule has 11 heteroatoms. The van der Waals surface area contributed by atoms with Crippen molar-refractivity contribution in [2.45, 2.75) is 46.3 Å². The Hall–Kier alpha value is -10.5. The maximum Gasteiger partial charge on any atom is 0.494 e. The molecule has 86 heavy (non-hydrogen) atoms. The summed E-state index contributed by atoms with van der Waals surface area (Å²) in [4.78, 5) is 29.7. The molecule has 0 spiro atoms. The molecule has 0 amide bonds. The van der Waals surface area contributed by atoms with Crippen molar-refractivity contribution >= 4 is 78.0 Å². The van der Waals surface area contributed by atoms with Crippen molar-refractivity contribution in [2.75, 3.05) is 0 Å². The van der Waals surface area contributed by atoms with Gasteiger partial charge in [0.15, 0.2) is 34.9 Å². The normalized spacial score (nSPS) is 13.6. The number of aromatic nitrogens is 6. The van der Waals surface area contributed by atoms with Crippen molar-refractivity contribution in [3.63, 3.8) is 0 Å². The van der Waals surface area contributed by atoms with Crippen molar-refractivity contribution in [1.29, 1.82) is 0 Å². The van der Waals surface area contributed by atoms with E-state index < -0.39 is 18.3 Å². The molecule has 0 saturated carbocycles. The first-order chi connectivity index (χ1) is 41.6. The molecule has 0 radical (unpaired) electrons. The van der Waals surface area contributed by atoms with E-state index in [1.807, 2.05) is 164 Å². The lowest BCUT2D eigenvalue weighted by atomic mass is 9.78. The number of hydrogen-bond donors (Lipinski definition) is 0. The molecule has 1 aliphatic rings. The Kier molecular flexibility index (Phi) is 13.5. The molecule has 0 bridgehead atoms. The molecule has 10 nitrogen and oxygen atoms in total. The van der Waals surface area contributed by atoms with Crippen LogP contribution in [0, 0.1) is 0 Å². The predicted octanol–water partition coefficient (Wildman–Crippen LogP) is 18.5. The van der Waals surface area contributed by atoms with Crippen LogP contribution in [-0.4, -0.2) is 48.2 Å². The van der Waals surface area contributed by atoms with Crippen LogP contribution in [0.4, 0.5) is 0 Å². The van der Waals surface area contributed by atoms with Crippen LogP contribution in [0.25, 0.3) is 145 Å². The predicted molar refractivity (Wildman–Crippen MR) is 350 cm³/mol. The maximum absolute atomic E-state index is 6.38. The first-order valence-corrected chi connectivity index (χ1v) is 28.5. The Balaban J connectivity index is 0.000000151. The topological polar surface area (TPSA) is 122 Å². The van der Waals surface area contributed by atoms with Crippen molar-refractivity contribution < 1.29 is 18.1 Å². The lowest BCUT2D eigenvalue weighted by Gasteiger charge is -2.32. The molecule has 11 aromatic carbocycles. The number of benzene rings is 11. The molecule has 5 heterocycles. The van der Waals surface area contributed by atoms with E-state index in [1.165, 1.54) is 21.5 Å². The summed E-state index contributed by atoms with van der Waals surface area (Å²) in [5.74, 6) is 3.70. The quantitative estimate of drug-likeness (QED) is 0.107. The summed E-state index contributed by atoms with van der Waals surface area (Å²) in [6.07, 6.45) is 0. The smallest absolute Gasteiger partial charge is 0.456 e. The van der Waals surface area contributed by atoms with Gasteiger partial charge < -0.3 is 18.1 Å². The second-order valence-electron chi connectivity index (χ2n) is 22.4. The number of furan rings is 2. The van der Waals surface area contributed by atoms with Gasteiger partial charge in [-0.1, -0.05) is 220 Å². The van der Waals surface area contributed by atoms with Gasteiger partial charge in [-0.2, -0.15) is 0 Å². The zero-order chi connectivity index (χ0) is 57.2. The summed E-state index contributed by atoms with van der Waals surface area (Å²) in [6.45, 7) is 8.25. The fourth-order valence-electron chi connectivity index (χ4n) is 11.4. The van der Waals surface area contributed by atoms with Crippen molar-refractivity contribution in [2.24, 2.45) is 0 Å². The number of rotatable bonds is 8. The van der Waals surface area contributed by atoms with E-state index in [-0.39, 0.29) is 7.43 Å². The third-order valence-corrected chi connectivity index (χ3v) is 16.5. The summed E-state index contributed by atoms with van der Waals surface area (Å²) in [7, 11) is -0.474. The van der Waals surface area contributed by atoms with Gasteiger partial charge >= 0.3 is 7.12 Å². The van der Waals surface area contributed by atoms with E-state index >= 15 is 0 Å². The van der Waals surface area contributed by atoms with Gasteiger partial charge in [0.2, 0.25) is 0 Å². The number of nitrogens with zero attached hydrogens (tertiary/aromatic N) is 6. The Morgan fingerprint density at radius 3 is 1.19 bits per heavy atom. The minimum Gasteiger partial charge on any atom is -0.456 e. The van der Waals surface area contributed by atoms with E-state index in [4.69, 9.17) is 48.0 Å². The van der Waals surface area contributed by atoms with Gasteiger partial charge in [-0.15, -0.1) is 0 Å². The highest BCUT2D eigenvalue weighted by atomic mass is 16.7. The number of hydrogen-bond acceptors (Lipinski definition) is 10. The average molecular weight is 1120 g/mol. The standard InChI is InChI=1S/C41H25N3O.C33H28BN3O3.CH4/c1-3-11-27(12-4-1)39-42-40(28-13-5-2-6-14-28)44-41(43-39)34-16-9-17-37-38(34)35-25-30(21-23-36(35)45-37)29-20-22-33-31(24-29)19-18-26-10-7-8-15-32(26)33;1-32(2)33(3,4)40-34(39-32)23-18-19-26-25(20-23)28-24(16-11-17-27(28)38-26)31-36-29(21-12-7-5-8-13-21)35-30(37-31)22-14-9-6-10-15-22;/h1-25H;5-20H,1-4H3;1H4. The van der Waals surface area contributed by atoms with E-state index in [0.29, 0.717) is 34.9 Å². The molecule has 1 aliphatic heterocycles. The van der Waals surface area contributed by atoms with Crippen LogP contribution in [-0.2, 0) is 9.31 Å². The molecule has 16 rings (SSSR count). The minimum absolute atomic E-state index is 0. The van der Waals surface area contributed by atoms with Crippen LogP contribution in [0.3, 0.4) is 0 Å². The van der Waals surface area contributed by atoms with Gasteiger partial charge in [0, 0.05) is 54.9 Å². The second kappa shape index (κ2) is 21.6. The molecule has 0 N–H and O–H groups in total. The van der Waals surface area contributed by atoms with Gasteiger partial charge in [-0.3, -0.25) is 0 Å². The van der Waals surface area contributed by atoms with Crippen LogP contribution < -0.4 is 5.46 Å². The van der Waals surface area contributed by atoms with E-state index in [0.717, 1.165) is 93.8 Å². The lowest BCUT2D eigenvalue weighted by molar-refractivity contribution is 0.00578. The molecule has 0 atom stereocenters. The van der Waals surface area contributed by atoms with Crippen LogP contribution in [0.1, 0.15) is 35.1 Å². The Labute approximate surface area is 498 Å². The molecule has 15 aromatic rings. The molecular formula is C75H57BN6O4. The Morgan fingerprint density at radius 1 is 0.291 bits per heavy atom. The average Bonchev–Trinajstić information content (AvgIpc) is 3.61. The summed E-state index contributed by atoms with van der Waals surface area (Å²) < 4.78 is 25.4. The highest BCUT2D eigenvalue weighted by Gasteiger charge is 2.51. The van der Waals surface area contributed by atoms with Gasteiger partial charge in [0.25, 0.3) is 0 Å². The van der Waals surface area contributed by atoms with Crippen LogP contribution in [0.5, 0.6) is 0 Å². The summed E-state index contributed by atoms with van der Waals surface area (Å²) in [6, 6.07) is 84.4. The molecule has 0 unspecified atom stereocenters. The van der Waals surface area contributed by atoms with Crippen LogP contribution >= 0.6 is 0 Å². The van der Waals surface area contributed by atoms with E-state index in [9.17, 15) is 0 Å². The van der Waals surface area contributed by atoms with Gasteiger partial charge in [-0.05, 0) is 102 Å². The van der Waals surface area contributed by atoms with E-state index in [2.05, 4.69) is 113 Å². The zero-order valence-corrected chi connectivity index (χ0v) is 47.1. The van der Waals surface area contributed by atoms with Gasteiger partial charge in [0.1, 0.15) is 22.3 Å². The maximum atomic E-state index is 6.38. The molecule has 1 fully saturated rings. The monoisotopic (exact) mass is 1120 g/mol. The Bertz CT molecular complexity index is 4900. The van der Waals surface area contributed by atoms with Crippen LogP contribution in [0.2, 0.25) is 0 Å². The molecule has 1 saturated heterocycles. The largest absolute Gasteiger partial charge is 0.494 e. The summed E-state index contributed by atoms with van der Waals surface area (Å²) in [5, 5.41) is 8.92. The third kappa shape index (κ3) is 9.72. The third-order valence-electron chi connectivity index (χ3n) is 16.5. The van der Waals surface area contributed by atoms with Crippen molar-refractivity contribution in [3.05, 3.63) is 249 Å². The van der Waals surface area contributed by atoms with Gasteiger partial charge in [-0.25, -0.2) is 29.9 Å². The fourth-order valence-corrected chi connectivity index (χ4v) is 11.4. The van der Waals surface area contributed by atoms with Crippen LogP contribution in [0.15, 0.2) is 258 Å². The zero-order valence-electron chi connectivity index (χ0n) is 47.1. The first-order valence-electron chi connectivity index (χ1n) is 28.5. The summed E-state index contributed by atoms with van der Waals surface area (Å²) >= 11 is 0. The van der Waals surface area contributed by atoms with Gasteiger partial charge in [0.05, 0.1) is 11.2 Å². The lowest BCUT2D eigenvalue weighted by Crippen LogP contribution is -2.41. The van der Waals surface area contributed by atoms with Crippen molar-refractivity contribution in [1.82, 2.24) is 29.9 Å². The molecular weight excluding hydrogens is 1060 g/mol. The summed E-state index contributed by atoms with van der Waals surface area (Å²) in [5.41, 5.74) is 11.1. The van der Waals surface area contributed by atoms with Crippen molar-refractivity contribution in [3.8, 4) is 79.5 Å². The van der Waals surface area contributed by atoms with E-state index in [1.54, 1.807) is 0 Å². The first kappa shape index (κ1) is 53.5.